The van der Waals surface area contributed by atoms with E-state index in [1.165, 1.54) is 0 Å². The summed E-state index contributed by atoms with van der Waals surface area (Å²) >= 11 is 6.05. The molecule has 2 aromatic carbocycles. The summed E-state index contributed by atoms with van der Waals surface area (Å²) in [5, 5.41) is 13.1. The Morgan fingerprint density at radius 2 is 1.83 bits per heavy atom. The third kappa shape index (κ3) is 2.17. The van der Waals surface area contributed by atoms with Gasteiger partial charge < -0.3 is 10.4 Å². The fraction of sp³-hybridized carbons (Fsp3) is 0.0714. The maximum absolute atomic E-state index is 10.6. The lowest BCUT2D eigenvalue weighted by Crippen LogP contribution is -1.97. The van der Waals surface area contributed by atoms with Gasteiger partial charge in [0, 0.05) is 11.1 Å². The number of rotatable bonds is 3. The van der Waals surface area contributed by atoms with Crippen molar-refractivity contribution in [3.05, 3.63) is 47.0 Å². The van der Waals surface area contributed by atoms with Crippen LogP contribution in [-0.2, 0) is 4.79 Å². The Bertz CT molecular complexity index is 596. The van der Waals surface area contributed by atoms with Crippen molar-refractivity contribution in [2.24, 2.45) is 0 Å². The van der Waals surface area contributed by atoms with Gasteiger partial charge in [-0.2, -0.15) is 0 Å². The van der Waals surface area contributed by atoms with Crippen molar-refractivity contribution in [1.29, 1.82) is 0 Å². The number of para-hydroxylation sites is 2. The molecule has 0 atom stereocenters. The van der Waals surface area contributed by atoms with E-state index in [4.69, 9.17) is 11.6 Å². The molecular formula is C14H12ClNO2. The number of anilines is 1. The molecular weight excluding hydrogens is 250 g/mol. The van der Waals surface area contributed by atoms with Gasteiger partial charge in [-0.15, -0.1) is 0 Å². The summed E-state index contributed by atoms with van der Waals surface area (Å²) in [4.78, 5) is 10.6. The number of amides is 1. The predicted octanol–water partition coefficient (Wildman–Crippen LogP) is 3.59. The van der Waals surface area contributed by atoms with E-state index in [1.54, 1.807) is 24.3 Å². The largest absolute Gasteiger partial charge is 0.507 e. The molecule has 0 aromatic heterocycles. The highest BCUT2D eigenvalue weighted by molar-refractivity contribution is 6.34. The molecule has 92 valence electrons. The number of halogens is 1. The van der Waals surface area contributed by atoms with E-state index in [2.05, 4.69) is 5.32 Å². The number of benzene rings is 2. The van der Waals surface area contributed by atoms with Crippen LogP contribution in [0, 0.1) is 6.92 Å². The maximum atomic E-state index is 10.6. The summed E-state index contributed by atoms with van der Waals surface area (Å²) in [6.45, 7) is 1.82. The number of carbonyl (C=O) groups excluding carboxylic acids is 1. The van der Waals surface area contributed by atoms with Crippen LogP contribution in [0.1, 0.15) is 5.56 Å². The molecule has 0 heterocycles. The molecule has 0 radical (unpaired) electrons. The summed E-state index contributed by atoms with van der Waals surface area (Å²) < 4.78 is 0. The monoisotopic (exact) mass is 261 g/mol. The highest BCUT2D eigenvalue weighted by Gasteiger charge is 2.12. The van der Waals surface area contributed by atoms with Gasteiger partial charge in [0.2, 0.25) is 6.41 Å². The molecule has 0 fully saturated rings. The topological polar surface area (TPSA) is 49.3 Å². The average molecular weight is 262 g/mol. The van der Waals surface area contributed by atoms with Gasteiger partial charge in [0.25, 0.3) is 0 Å². The van der Waals surface area contributed by atoms with Crippen LogP contribution in [0.4, 0.5) is 5.69 Å². The molecule has 3 nitrogen and oxygen atoms in total. The van der Waals surface area contributed by atoms with Crippen LogP contribution in [0.25, 0.3) is 11.1 Å². The normalized spacial score (nSPS) is 10.1. The molecule has 0 aliphatic heterocycles. The van der Waals surface area contributed by atoms with Crippen LogP contribution in [0.15, 0.2) is 36.4 Å². The van der Waals surface area contributed by atoms with Gasteiger partial charge in [0.05, 0.1) is 10.7 Å². The van der Waals surface area contributed by atoms with Crippen molar-refractivity contribution in [2.45, 2.75) is 6.92 Å². The van der Waals surface area contributed by atoms with Gasteiger partial charge in [-0.1, -0.05) is 41.9 Å². The van der Waals surface area contributed by atoms with E-state index in [0.29, 0.717) is 28.2 Å². The third-order valence-electron chi connectivity index (χ3n) is 2.74. The molecule has 0 saturated carbocycles. The lowest BCUT2D eigenvalue weighted by atomic mass is 10.0. The summed E-state index contributed by atoms with van der Waals surface area (Å²) in [6, 6.07) is 10.7. The van der Waals surface area contributed by atoms with Gasteiger partial charge in [-0.25, -0.2) is 0 Å². The van der Waals surface area contributed by atoms with Gasteiger partial charge in [0.1, 0.15) is 5.75 Å². The van der Waals surface area contributed by atoms with Crippen LogP contribution < -0.4 is 5.32 Å². The molecule has 0 bridgehead atoms. The Morgan fingerprint density at radius 3 is 2.56 bits per heavy atom. The zero-order valence-electron chi connectivity index (χ0n) is 9.77. The van der Waals surface area contributed by atoms with Gasteiger partial charge in [-0.3, -0.25) is 4.79 Å². The number of hydrogen-bond acceptors (Lipinski definition) is 2. The maximum Gasteiger partial charge on any atom is 0.211 e. The zero-order valence-corrected chi connectivity index (χ0v) is 10.5. The van der Waals surface area contributed by atoms with Crippen LogP contribution in [-0.4, -0.2) is 11.5 Å². The van der Waals surface area contributed by atoms with Crippen molar-refractivity contribution in [3.8, 4) is 16.9 Å². The van der Waals surface area contributed by atoms with E-state index in [0.717, 1.165) is 5.56 Å². The van der Waals surface area contributed by atoms with Crippen molar-refractivity contribution >= 4 is 23.7 Å². The molecule has 0 saturated heterocycles. The predicted molar refractivity (Wildman–Crippen MR) is 73.0 cm³/mol. The molecule has 2 aromatic rings. The van der Waals surface area contributed by atoms with Crippen LogP contribution in [0.3, 0.4) is 0 Å². The summed E-state index contributed by atoms with van der Waals surface area (Å²) in [6.07, 6.45) is 0.567. The molecule has 1 amide bonds. The molecule has 0 unspecified atom stereocenters. The van der Waals surface area contributed by atoms with Gasteiger partial charge in [-0.05, 0) is 18.6 Å². The van der Waals surface area contributed by atoms with Crippen molar-refractivity contribution in [3.63, 3.8) is 0 Å². The second kappa shape index (κ2) is 5.10. The minimum absolute atomic E-state index is 0.189. The first-order valence-electron chi connectivity index (χ1n) is 5.43. The Balaban J connectivity index is 2.67. The quantitative estimate of drug-likeness (QED) is 0.830. The first-order valence-corrected chi connectivity index (χ1v) is 5.80. The molecule has 0 aliphatic carbocycles. The number of hydrogen-bond donors (Lipinski definition) is 2. The Hall–Kier alpha value is -2.00. The standard InChI is InChI=1S/C14H12ClNO2/c1-9-4-2-6-11(14(9)18)10-5-3-7-12(15)13(10)16-8-17/h2-8,18H,1H3,(H,16,17). The number of aromatic hydroxyl groups is 1. The fourth-order valence-corrected chi connectivity index (χ4v) is 2.06. The number of nitrogens with one attached hydrogen (secondary N) is 1. The van der Waals surface area contributed by atoms with Crippen molar-refractivity contribution < 1.29 is 9.90 Å². The summed E-state index contributed by atoms with van der Waals surface area (Å²) in [7, 11) is 0. The lowest BCUT2D eigenvalue weighted by molar-refractivity contribution is -0.105. The Morgan fingerprint density at radius 1 is 1.17 bits per heavy atom. The van der Waals surface area contributed by atoms with Crippen molar-refractivity contribution in [1.82, 2.24) is 0 Å². The van der Waals surface area contributed by atoms with Gasteiger partial charge >= 0.3 is 0 Å². The van der Waals surface area contributed by atoms with Crippen LogP contribution in [0.2, 0.25) is 5.02 Å². The van der Waals surface area contributed by atoms with Crippen LogP contribution >= 0.6 is 11.6 Å². The van der Waals surface area contributed by atoms with E-state index in [1.807, 2.05) is 19.1 Å². The van der Waals surface area contributed by atoms with Crippen molar-refractivity contribution in [2.75, 3.05) is 5.32 Å². The first-order chi connectivity index (χ1) is 8.65. The summed E-state index contributed by atoms with van der Waals surface area (Å²) in [5.74, 6) is 0.189. The Labute approximate surface area is 110 Å². The smallest absolute Gasteiger partial charge is 0.211 e. The van der Waals surface area contributed by atoms with E-state index in [9.17, 15) is 9.90 Å². The highest BCUT2D eigenvalue weighted by atomic mass is 35.5. The van der Waals surface area contributed by atoms with Crippen LogP contribution in [0.5, 0.6) is 5.75 Å². The minimum Gasteiger partial charge on any atom is -0.507 e. The zero-order chi connectivity index (χ0) is 13.1. The number of phenols is 1. The Kier molecular flexibility index (Phi) is 3.53. The minimum atomic E-state index is 0.189. The van der Waals surface area contributed by atoms with E-state index < -0.39 is 0 Å². The molecule has 2 N–H and O–H groups in total. The molecule has 0 aliphatic rings. The SMILES string of the molecule is Cc1cccc(-c2cccc(Cl)c2NC=O)c1O. The molecule has 4 heteroatoms. The highest BCUT2D eigenvalue weighted by Crippen LogP contribution is 2.39. The number of aryl methyl sites for hydroxylation is 1. The summed E-state index contributed by atoms with van der Waals surface area (Å²) in [5.41, 5.74) is 2.59. The van der Waals surface area contributed by atoms with E-state index >= 15 is 0 Å². The second-order valence-electron chi connectivity index (χ2n) is 3.90. The lowest BCUT2D eigenvalue weighted by Gasteiger charge is -2.12. The second-order valence-corrected chi connectivity index (χ2v) is 4.30. The first kappa shape index (κ1) is 12.5. The molecule has 18 heavy (non-hydrogen) atoms. The van der Waals surface area contributed by atoms with E-state index in [-0.39, 0.29) is 5.75 Å². The average Bonchev–Trinajstić information content (AvgIpc) is 2.36. The van der Waals surface area contributed by atoms with Gasteiger partial charge in [0.15, 0.2) is 0 Å². The molecule has 2 rings (SSSR count). The fourth-order valence-electron chi connectivity index (χ4n) is 1.83. The number of phenolic OH excluding ortho intramolecular Hbond substituents is 1. The molecule has 0 spiro atoms. The number of carbonyl (C=O) groups is 1. The third-order valence-corrected chi connectivity index (χ3v) is 3.06.